The zero-order chi connectivity index (χ0) is 23.7. The molecule has 0 spiro atoms. The minimum absolute atomic E-state index is 0.0656. The van der Waals surface area contributed by atoms with Crippen molar-refractivity contribution in [1.82, 2.24) is 19.3 Å². The molecule has 1 fully saturated rings. The Bertz CT molecular complexity index is 1360. The molecular formula is C27H26N4O3. The Labute approximate surface area is 198 Å². The number of benzene rings is 2. The lowest BCUT2D eigenvalue weighted by Crippen LogP contribution is -2.29. The topological polar surface area (TPSA) is 69.0 Å². The van der Waals surface area contributed by atoms with Crippen LogP contribution in [0.3, 0.4) is 0 Å². The molecule has 5 rings (SSSR count). The van der Waals surface area contributed by atoms with Gasteiger partial charge in [0, 0.05) is 30.1 Å². The molecule has 1 atom stereocenters. The lowest BCUT2D eigenvalue weighted by Gasteiger charge is -2.22. The average Bonchev–Trinajstić information content (AvgIpc) is 3.50. The predicted molar refractivity (Wildman–Crippen MR) is 130 cm³/mol. The fraction of sp³-hybridized carbons (Fsp3) is 0.222. The third-order valence-corrected chi connectivity index (χ3v) is 6.29. The number of likely N-dealkylation sites (tertiary alicyclic amines) is 1. The molecule has 3 heterocycles. The highest BCUT2D eigenvalue weighted by Gasteiger charge is 2.32. The maximum Gasteiger partial charge on any atom is 0.246 e. The third kappa shape index (κ3) is 3.79. The minimum Gasteiger partial charge on any atom is -0.496 e. The van der Waals surface area contributed by atoms with E-state index < -0.39 is 0 Å². The van der Waals surface area contributed by atoms with Gasteiger partial charge in [-0.25, -0.2) is 4.98 Å². The first-order valence-electron chi connectivity index (χ1n) is 11.3. The van der Waals surface area contributed by atoms with Crippen molar-refractivity contribution in [3.8, 4) is 28.5 Å². The number of carbonyl (C=O) groups is 1. The Morgan fingerprint density at radius 2 is 1.97 bits per heavy atom. The highest BCUT2D eigenvalue weighted by molar-refractivity contribution is 5.87. The predicted octanol–water partition coefficient (Wildman–Crippen LogP) is 5.36. The van der Waals surface area contributed by atoms with E-state index in [1.165, 1.54) is 6.08 Å². The van der Waals surface area contributed by atoms with E-state index in [0.717, 1.165) is 58.3 Å². The van der Waals surface area contributed by atoms with Gasteiger partial charge < -0.3 is 14.4 Å². The zero-order valence-electron chi connectivity index (χ0n) is 19.3. The number of fused-ring (bicyclic) bond motifs is 1. The van der Waals surface area contributed by atoms with Crippen LogP contribution in [0.15, 0.2) is 73.7 Å². The van der Waals surface area contributed by atoms with Crippen LogP contribution in [-0.2, 0) is 4.79 Å². The summed E-state index contributed by atoms with van der Waals surface area (Å²) < 4.78 is 13.5. The molecule has 1 amide bonds. The van der Waals surface area contributed by atoms with E-state index in [2.05, 4.69) is 11.6 Å². The van der Waals surface area contributed by atoms with Gasteiger partial charge in [0.2, 0.25) is 5.91 Å². The van der Waals surface area contributed by atoms with Crippen LogP contribution in [0, 0.1) is 6.92 Å². The van der Waals surface area contributed by atoms with Gasteiger partial charge in [0.15, 0.2) is 0 Å². The first kappa shape index (κ1) is 21.7. The molecule has 34 heavy (non-hydrogen) atoms. The summed E-state index contributed by atoms with van der Waals surface area (Å²) in [6.07, 6.45) is 8.63. The minimum atomic E-state index is -0.0900. The summed E-state index contributed by atoms with van der Waals surface area (Å²) >= 11 is 0. The van der Waals surface area contributed by atoms with Crippen LogP contribution >= 0.6 is 0 Å². The molecule has 0 radical (unpaired) electrons. The monoisotopic (exact) mass is 454 g/mol. The second-order valence-electron chi connectivity index (χ2n) is 8.25. The normalized spacial score (nSPS) is 15.5. The quantitative estimate of drug-likeness (QED) is 0.367. The van der Waals surface area contributed by atoms with E-state index in [1.54, 1.807) is 13.3 Å². The highest BCUT2D eigenvalue weighted by Crippen LogP contribution is 2.36. The Morgan fingerprint density at radius 1 is 1.18 bits per heavy atom. The molecule has 172 valence electrons. The summed E-state index contributed by atoms with van der Waals surface area (Å²) in [7, 11) is 1.65. The Balaban J connectivity index is 1.48. The van der Waals surface area contributed by atoms with Crippen molar-refractivity contribution >= 4 is 11.4 Å². The van der Waals surface area contributed by atoms with Crippen LogP contribution in [0.2, 0.25) is 0 Å². The van der Waals surface area contributed by atoms with Crippen molar-refractivity contribution in [3.63, 3.8) is 0 Å². The number of methoxy groups -OCH3 is 1. The van der Waals surface area contributed by atoms with Crippen LogP contribution in [-0.4, -0.2) is 38.8 Å². The number of nitrogens with zero attached hydrogens (tertiary/aromatic N) is 4. The molecule has 2 aromatic carbocycles. The fourth-order valence-corrected chi connectivity index (χ4v) is 4.56. The van der Waals surface area contributed by atoms with Gasteiger partial charge in [-0.05, 0) is 62.2 Å². The smallest absolute Gasteiger partial charge is 0.246 e. The summed E-state index contributed by atoms with van der Waals surface area (Å²) in [5, 5.41) is 0. The SMILES string of the molecule is C=CC(=O)N1CCC[C@H]1c1nc(-c2ccc(Oc3cccc(OC)c3C)cc2)c2cnccn12. The van der Waals surface area contributed by atoms with E-state index >= 15 is 0 Å². The van der Waals surface area contributed by atoms with E-state index in [-0.39, 0.29) is 11.9 Å². The number of imidazole rings is 1. The molecule has 4 aromatic rings. The lowest BCUT2D eigenvalue weighted by atomic mass is 10.1. The number of rotatable bonds is 6. The molecule has 1 aliphatic heterocycles. The molecule has 7 nitrogen and oxygen atoms in total. The van der Waals surface area contributed by atoms with Crippen molar-refractivity contribution in [1.29, 1.82) is 0 Å². The number of carbonyl (C=O) groups excluding carboxylic acids is 1. The average molecular weight is 455 g/mol. The number of aromatic nitrogens is 3. The summed E-state index contributed by atoms with van der Waals surface area (Å²) in [4.78, 5) is 23.6. The van der Waals surface area contributed by atoms with Crippen molar-refractivity contribution in [2.45, 2.75) is 25.8 Å². The largest absolute Gasteiger partial charge is 0.496 e. The number of hydrogen-bond acceptors (Lipinski definition) is 5. The molecule has 1 aliphatic rings. The van der Waals surface area contributed by atoms with Crippen molar-refractivity contribution in [3.05, 3.63) is 85.1 Å². The van der Waals surface area contributed by atoms with Gasteiger partial charge in [-0.3, -0.25) is 14.2 Å². The van der Waals surface area contributed by atoms with Crippen LogP contribution in [0.25, 0.3) is 16.8 Å². The van der Waals surface area contributed by atoms with E-state index in [9.17, 15) is 4.79 Å². The standard InChI is InChI=1S/C27H26N4O3/c1-4-25(32)30-15-6-7-21(30)27-29-26(22-17-28-14-16-31(22)27)19-10-12-20(13-11-19)34-24-9-5-8-23(33-3)18(24)2/h4-5,8-14,16-17,21H,1,6-7,15H2,2-3H3/t21-/m0/s1. The Kier molecular flexibility index (Phi) is 5.76. The summed E-state index contributed by atoms with van der Waals surface area (Å²) in [5.74, 6) is 3.03. The van der Waals surface area contributed by atoms with E-state index in [1.807, 2.05) is 71.1 Å². The van der Waals surface area contributed by atoms with Crippen LogP contribution in [0.4, 0.5) is 0 Å². The third-order valence-electron chi connectivity index (χ3n) is 6.29. The Morgan fingerprint density at radius 3 is 2.74 bits per heavy atom. The van der Waals surface area contributed by atoms with Crippen molar-refractivity contribution in [2.75, 3.05) is 13.7 Å². The number of amides is 1. The van der Waals surface area contributed by atoms with Crippen LogP contribution < -0.4 is 9.47 Å². The van der Waals surface area contributed by atoms with Gasteiger partial charge in [0.25, 0.3) is 0 Å². The van der Waals surface area contributed by atoms with Crippen molar-refractivity contribution < 1.29 is 14.3 Å². The van der Waals surface area contributed by atoms with Gasteiger partial charge in [-0.2, -0.15) is 0 Å². The van der Waals surface area contributed by atoms with Crippen molar-refractivity contribution in [2.24, 2.45) is 0 Å². The second kappa shape index (κ2) is 9.02. The first-order chi connectivity index (χ1) is 16.6. The van der Waals surface area contributed by atoms with Crippen LogP contribution in [0.1, 0.15) is 30.3 Å². The molecule has 0 bridgehead atoms. The summed E-state index contributed by atoms with van der Waals surface area (Å²) in [6, 6.07) is 13.5. The van der Waals surface area contributed by atoms with Gasteiger partial charge in [-0.15, -0.1) is 0 Å². The van der Waals surface area contributed by atoms with Gasteiger partial charge in [-0.1, -0.05) is 12.6 Å². The second-order valence-corrected chi connectivity index (χ2v) is 8.25. The van der Waals surface area contributed by atoms with E-state index in [0.29, 0.717) is 6.54 Å². The maximum atomic E-state index is 12.4. The highest BCUT2D eigenvalue weighted by atomic mass is 16.5. The molecule has 1 saturated heterocycles. The van der Waals surface area contributed by atoms with E-state index in [4.69, 9.17) is 14.5 Å². The maximum absolute atomic E-state index is 12.4. The van der Waals surface area contributed by atoms with Crippen LogP contribution in [0.5, 0.6) is 17.2 Å². The molecule has 2 aromatic heterocycles. The van der Waals surface area contributed by atoms with Gasteiger partial charge >= 0.3 is 0 Å². The molecular weight excluding hydrogens is 428 g/mol. The number of ether oxygens (including phenoxy) is 2. The summed E-state index contributed by atoms with van der Waals surface area (Å²) in [5.41, 5.74) is 3.61. The molecule has 0 N–H and O–H groups in total. The van der Waals surface area contributed by atoms with Gasteiger partial charge in [0.1, 0.15) is 23.1 Å². The number of hydrogen-bond donors (Lipinski definition) is 0. The summed E-state index contributed by atoms with van der Waals surface area (Å²) in [6.45, 7) is 6.33. The zero-order valence-corrected chi connectivity index (χ0v) is 19.3. The molecule has 0 saturated carbocycles. The fourth-order valence-electron chi connectivity index (χ4n) is 4.56. The van der Waals surface area contributed by atoms with Gasteiger partial charge in [0.05, 0.1) is 30.6 Å². The first-order valence-corrected chi connectivity index (χ1v) is 11.3. The molecule has 7 heteroatoms. The Hall–Kier alpha value is -4.13. The molecule has 0 unspecified atom stereocenters. The lowest BCUT2D eigenvalue weighted by molar-refractivity contribution is -0.127. The molecule has 0 aliphatic carbocycles.